The molecule has 0 spiro atoms. The number of hydrogen-bond donors (Lipinski definition) is 2. The van der Waals surface area contributed by atoms with Crippen LogP contribution in [0.3, 0.4) is 0 Å². The molecule has 0 aliphatic rings. The lowest BCUT2D eigenvalue weighted by atomic mass is 10.1. The monoisotopic (exact) mass is 295 g/mol. The van der Waals surface area contributed by atoms with Crippen LogP contribution in [0.25, 0.3) is 0 Å². The molecular formula is C15H21NO5. The molecule has 6 heteroatoms. The minimum absolute atomic E-state index is 0.0478. The Morgan fingerprint density at radius 2 is 2.05 bits per heavy atom. The largest absolute Gasteiger partial charge is 0.482 e. The Morgan fingerprint density at radius 3 is 2.67 bits per heavy atom. The van der Waals surface area contributed by atoms with Crippen LogP contribution in [0.4, 0.5) is 5.69 Å². The van der Waals surface area contributed by atoms with Gasteiger partial charge in [0, 0.05) is 25.8 Å². The number of ether oxygens (including phenoxy) is 2. The van der Waals surface area contributed by atoms with Crippen LogP contribution in [0.15, 0.2) is 18.2 Å². The first kappa shape index (κ1) is 17.0. The third kappa shape index (κ3) is 6.76. The summed E-state index contributed by atoms with van der Waals surface area (Å²) in [4.78, 5) is 22.2. The van der Waals surface area contributed by atoms with Gasteiger partial charge in [-0.3, -0.25) is 4.79 Å². The molecule has 0 saturated heterocycles. The number of rotatable bonds is 9. The molecule has 0 heterocycles. The van der Waals surface area contributed by atoms with Crippen molar-refractivity contribution in [3.8, 4) is 5.75 Å². The molecular weight excluding hydrogens is 274 g/mol. The molecule has 0 fully saturated rings. The number of carbonyl (C=O) groups is 2. The molecule has 21 heavy (non-hydrogen) atoms. The topological polar surface area (TPSA) is 84.9 Å². The molecule has 1 amide bonds. The average molecular weight is 295 g/mol. The highest BCUT2D eigenvalue weighted by molar-refractivity contribution is 5.91. The molecule has 1 rings (SSSR count). The van der Waals surface area contributed by atoms with Gasteiger partial charge in [0.15, 0.2) is 6.61 Å². The van der Waals surface area contributed by atoms with E-state index in [2.05, 4.69) is 5.32 Å². The van der Waals surface area contributed by atoms with Gasteiger partial charge in [0.1, 0.15) is 5.75 Å². The summed E-state index contributed by atoms with van der Waals surface area (Å²) in [5.41, 5.74) is 1.53. The highest BCUT2D eigenvalue weighted by atomic mass is 16.5. The maximum absolute atomic E-state index is 11.8. The second-order valence-corrected chi connectivity index (χ2v) is 4.66. The molecule has 0 unspecified atom stereocenters. The van der Waals surface area contributed by atoms with Crippen LogP contribution in [0.2, 0.25) is 0 Å². The third-order valence-corrected chi connectivity index (χ3v) is 2.84. The zero-order valence-electron chi connectivity index (χ0n) is 12.3. The number of anilines is 1. The number of carboxylic acid groups (broad SMARTS) is 1. The predicted molar refractivity (Wildman–Crippen MR) is 78.7 cm³/mol. The third-order valence-electron chi connectivity index (χ3n) is 2.84. The van der Waals surface area contributed by atoms with Crippen LogP contribution in [0.5, 0.6) is 5.75 Å². The van der Waals surface area contributed by atoms with E-state index in [0.717, 1.165) is 18.4 Å². The summed E-state index contributed by atoms with van der Waals surface area (Å²) in [5, 5.41) is 11.4. The van der Waals surface area contributed by atoms with Crippen LogP contribution >= 0.6 is 0 Å². The van der Waals surface area contributed by atoms with Crippen molar-refractivity contribution in [2.45, 2.75) is 26.2 Å². The van der Waals surface area contributed by atoms with E-state index in [1.807, 2.05) is 6.92 Å². The van der Waals surface area contributed by atoms with E-state index in [1.165, 1.54) is 0 Å². The lowest BCUT2D eigenvalue weighted by molar-refractivity contribution is -0.139. The quantitative estimate of drug-likeness (QED) is 0.682. The van der Waals surface area contributed by atoms with E-state index in [0.29, 0.717) is 24.5 Å². The standard InChI is InChI=1S/C15H21NO5/c1-11-9-12(21-10-15(18)19)6-7-13(11)16-14(17)5-3-4-8-20-2/h6-7,9H,3-5,8,10H2,1-2H3,(H,16,17)(H,18,19). The number of amides is 1. The van der Waals surface area contributed by atoms with Crippen molar-refractivity contribution in [2.24, 2.45) is 0 Å². The van der Waals surface area contributed by atoms with Crippen LogP contribution in [0, 0.1) is 6.92 Å². The molecule has 0 bridgehead atoms. The van der Waals surface area contributed by atoms with E-state index < -0.39 is 5.97 Å². The number of benzene rings is 1. The van der Waals surface area contributed by atoms with Crippen molar-refractivity contribution in [1.82, 2.24) is 0 Å². The van der Waals surface area contributed by atoms with Crippen molar-refractivity contribution in [3.05, 3.63) is 23.8 Å². The Hall–Kier alpha value is -2.08. The molecule has 2 N–H and O–H groups in total. The highest BCUT2D eigenvalue weighted by Crippen LogP contribution is 2.21. The lowest BCUT2D eigenvalue weighted by Gasteiger charge is -2.10. The first-order valence-electron chi connectivity index (χ1n) is 6.77. The van der Waals surface area contributed by atoms with Crippen molar-refractivity contribution >= 4 is 17.6 Å². The van der Waals surface area contributed by atoms with E-state index in [-0.39, 0.29) is 12.5 Å². The van der Waals surface area contributed by atoms with Crippen molar-refractivity contribution in [2.75, 3.05) is 25.6 Å². The number of aryl methyl sites for hydroxylation is 1. The van der Waals surface area contributed by atoms with Crippen LogP contribution in [-0.2, 0) is 14.3 Å². The Bertz CT molecular complexity index is 487. The molecule has 116 valence electrons. The molecule has 6 nitrogen and oxygen atoms in total. The van der Waals surface area contributed by atoms with E-state index in [4.69, 9.17) is 14.6 Å². The molecule has 0 saturated carbocycles. The van der Waals surface area contributed by atoms with E-state index in [9.17, 15) is 9.59 Å². The summed E-state index contributed by atoms with van der Waals surface area (Å²) in [7, 11) is 1.64. The van der Waals surface area contributed by atoms with Crippen LogP contribution < -0.4 is 10.1 Å². The van der Waals surface area contributed by atoms with Gasteiger partial charge in [-0.15, -0.1) is 0 Å². The van der Waals surface area contributed by atoms with E-state index in [1.54, 1.807) is 25.3 Å². The van der Waals surface area contributed by atoms with Gasteiger partial charge in [0.05, 0.1) is 0 Å². The zero-order valence-corrected chi connectivity index (χ0v) is 12.3. The van der Waals surface area contributed by atoms with Gasteiger partial charge in [-0.1, -0.05) is 0 Å². The predicted octanol–water partition coefficient (Wildman–Crippen LogP) is 2.21. The summed E-state index contributed by atoms with van der Waals surface area (Å²) in [5.74, 6) is -0.609. The van der Waals surface area contributed by atoms with Crippen molar-refractivity contribution in [3.63, 3.8) is 0 Å². The Kier molecular flexibility index (Phi) is 7.25. The van der Waals surface area contributed by atoms with Gasteiger partial charge < -0.3 is 19.9 Å². The second kappa shape index (κ2) is 8.97. The fourth-order valence-corrected chi connectivity index (χ4v) is 1.76. The molecule has 1 aromatic rings. The van der Waals surface area contributed by atoms with Gasteiger partial charge >= 0.3 is 5.97 Å². The van der Waals surface area contributed by atoms with Crippen LogP contribution in [0.1, 0.15) is 24.8 Å². The van der Waals surface area contributed by atoms with Crippen molar-refractivity contribution in [1.29, 1.82) is 0 Å². The SMILES string of the molecule is COCCCCC(=O)Nc1ccc(OCC(=O)O)cc1C. The van der Waals surface area contributed by atoms with Gasteiger partial charge in [0.25, 0.3) is 0 Å². The number of aliphatic carboxylic acids is 1. The second-order valence-electron chi connectivity index (χ2n) is 4.66. The Balaban J connectivity index is 2.48. The maximum Gasteiger partial charge on any atom is 0.341 e. The Morgan fingerprint density at radius 1 is 1.29 bits per heavy atom. The normalized spacial score (nSPS) is 10.2. The molecule has 0 aliphatic heterocycles. The number of nitrogens with one attached hydrogen (secondary N) is 1. The molecule has 0 atom stereocenters. The van der Waals surface area contributed by atoms with Crippen molar-refractivity contribution < 1.29 is 24.2 Å². The van der Waals surface area contributed by atoms with Gasteiger partial charge in [-0.05, 0) is 43.5 Å². The maximum atomic E-state index is 11.8. The fraction of sp³-hybridized carbons (Fsp3) is 0.467. The highest BCUT2D eigenvalue weighted by Gasteiger charge is 2.06. The summed E-state index contributed by atoms with van der Waals surface area (Å²) < 4.78 is 10.0. The number of hydrogen-bond acceptors (Lipinski definition) is 4. The summed E-state index contributed by atoms with van der Waals surface area (Å²) in [6, 6.07) is 5.04. The average Bonchev–Trinajstić information content (AvgIpc) is 2.44. The minimum Gasteiger partial charge on any atom is -0.482 e. The number of unbranched alkanes of at least 4 members (excludes halogenated alkanes) is 1. The molecule has 0 radical (unpaired) electrons. The molecule has 1 aromatic carbocycles. The zero-order chi connectivity index (χ0) is 15.7. The smallest absolute Gasteiger partial charge is 0.341 e. The number of methoxy groups -OCH3 is 1. The number of carbonyl (C=O) groups excluding carboxylic acids is 1. The summed E-state index contributed by atoms with van der Waals surface area (Å²) in [6.07, 6.45) is 2.07. The minimum atomic E-state index is -1.03. The first-order chi connectivity index (χ1) is 10.0. The summed E-state index contributed by atoms with van der Waals surface area (Å²) >= 11 is 0. The van der Waals surface area contributed by atoms with Gasteiger partial charge in [-0.2, -0.15) is 0 Å². The molecule has 0 aromatic heterocycles. The summed E-state index contributed by atoms with van der Waals surface area (Å²) in [6.45, 7) is 2.10. The van der Waals surface area contributed by atoms with E-state index >= 15 is 0 Å². The van der Waals surface area contributed by atoms with Gasteiger partial charge in [0.2, 0.25) is 5.91 Å². The lowest BCUT2D eigenvalue weighted by Crippen LogP contribution is -2.13. The first-order valence-corrected chi connectivity index (χ1v) is 6.77. The van der Waals surface area contributed by atoms with Gasteiger partial charge in [-0.25, -0.2) is 4.79 Å². The molecule has 0 aliphatic carbocycles. The Labute approximate surface area is 124 Å². The fourth-order valence-electron chi connectivity index (χ4n) is 1.76. The van der Waals surface area contributed by atoms with Crippen LogP contribution in [-0.4, -0.2) is 37.3 Å². The number of carboxylic acids is 1.